The summed E-state index contributed by atoms with van der Waals surface area (Å²) in [6, 6.07) is 23.6. The molecule has 0 fully saturated rings. The molecule has 4 nitrogen and oxygen atoms in total. The summed E-state index contributed by atoms with van der Waals surface area (Å²) in [5.74, 6) is -0.503. The van der Waals surface area contributed by atoms with Gasteiger partial charge >= 0.3 is 0 Å². The lowest BCUT2D eigenvalue weighted by Gasteiger charge is -2.16. The number of halogens is 1. The maximum atomic E-state index is 12.7. The van der Waals surface area contributed by atoms with Gasteiger partial charge in [0.25, 0.3) is 11.8 Å². The number of nitrogens with one attached hydrogen (secondary N) is 2. The van der Waals surface area contributed by atoms with Crippen molar-refractivity contribution in [1.29, 1.82) is 0 Å². The van der Waals surface area contributed by atoms with Crippen LogP contribution >= 0.6 is 15.9 Å². The molecule has 0 aliphatic rings. The van der Waals surface area contributed by atoms with E-state index in [2.05, 4.69) is 26.6 Å². The second-order valence-electron chi connectivity index (χ2n) is 6.11. The summed E-state index contributed by atoms with van der Waals surface area (Å²) in [5.41, 5.74) is 2.43. The topological polar surface area (TPSA) is 58.2 Å². The molecule has 1 atom stereocenters. The Labute approximate surface area is 166 Å². The Morgan fingerprint density at radius 3 is 2.15 bits per heavy atom. The molecule has 0 spiro atoms. The third kappa shape index (κ3) is 4.83. The Morgan fingerprint density at radius 1 is 0.815 bits per heavy atom. The van der Waals surface area contributed by atoms with Gasteiger partial charge in [-0.25, -0.2) is 0 Å². The van der Waals surface area contributed by atoms with Crippen LogP contribution in [0.25, 0.3) is 0 Å². The first-order chi connectivity index (χ1) is 13.0. The van der Waals surface area contributed by atoms with Gasteiger partial charge in [0, 0.05) is 10.0 Å². The molecule has 2 amide bonds. The zero-order chi connectivity index (χ0) is 19.2. The van der Waals surface area contributed by atoms with E-state index in [1.807, 2.05) is 37.3 Å². The van der Waals surface area contributed by atoms with Crippen LogP contribution in [0.15, 0.2) is 83.3 Å². The van der Waals surface area contributed by atoms with Crippen molar-refractivity contribution in [1.82, 2.24) is 5.32 Å². The van der Waals surface area contributed by atoms with Crippen molar-refractivity contribution in [2.45, 2.75) is 13.0 Å². The third-order valence-electron chi connectivity index (χ3n) is 4.17. The molecule has 2 N–H and O–H groups in total. The Kier molecular flexibility index (Phi) is 6.04. The highest BCUT2D eigenvalue weighted by molar-refractivity contribution is 9.10. The molecule has 0 aromatic heterocycles. The molecule has 0 aliphatic heterocycles. The summed E-state index contributed by atoms with van der Waals surface area (Å²) in [5, 5.41) is 5.80. The number of carbonyl (C=O) groups is 2. The number of hydrogen-bond donors (Lipinski definition) is 2. The smallest absolute Gasteiger partial charge is 0.255 e. The lowest BCUT2D eigenvalue weighted by atomic mass is 10.1. The standard InChI is InChI=1S/C22H19BrN2O2/c1-15(16-7-3-2-4-8-16)24-22(27)19-9-5-6-10-20(19)25-21(26)17-11-13-18(23)14-12-17/h2-15H,1H3,(H,24,27)(H,25,26)/t15-/m0/s1. The molecule has 5 heteroatoms. The minimum atomic E-state index is -0.265. The molecule has 0 radical (unpaired) electrons. The molecule has 3 aromatic rings. The van der Waals surface area contributed by atoms with E-state index in [-0.39, 0.29) is 17.9 Å². The maximum absolute atomic E-state index is 12.7. The van der Waals surface area contributed by atoms with Crippen LogP contribution in [0.4, 0.5) is 5.69 Å². The van der Waals surface area contributed by atoms with Crippen molar-refractivity contribution in [2.24, 2.45) is 0 Å². The predicted octanol–water partition coefficient (Wildman–Crippen LogP) is 5.19. The number of carbonyl (C=O) groups excluding carboxylic acids is 2. The molecule has 27 heavy (non-hydrogen) atoms. The first-order valence-electron chi connectivity index (χ1n) is 8.56. The Balaban J connectivity index is 1.76. The minimum Gasteiger partial charge on any atom is -0.345 e. The van der Waals surface area contributed by atoms with E-state index in [0.717, 1.165) is 10.0 Å². The van der Waals surface area contributed by atoms with Gasteiger partial charge in [0.15, 0.2) is 0 Å². The molecule has 0 bridgehead atoms. The molecule has 3 aromatic carbocycles. The van der Waals surface area contributed by atoms with Crippen LogP contribution in [0, 0.1) is 0 Å². The van der Waals surface area contributed by atoms with Crippen molar-refractivity contribution in [2.75, 3.05) is 5.32 Å². The summed E-state index contributed by atoms with van der Waals surface area (Å²) in [6.45, 7) is 1.93. The first kappa shape index (κ1) is 18.9. The lowest BCUT2D eigenvalue weighted by Crippen LogP contribution is -2.28. The maximum Gasteiger partial charge on any atom is 0.255 e. The van der Waals surface area contributed by atoms with E-state index in [9.17, 15) is 9.59 Å². The highest BCUT2D eigenvalue weighted by Gasteiger charge is 2.16. The number of hydrogen-bond acceptors (Lipinski definition) is 2. The predicted molar refractivity (Wildman–Crippen MR) is 111 cm³/mol. The zero-order valence-corrected chi connectivity index (χ0v) is 16.4. The largest absolute Gasteiger partial charge is 0.345 e. The summed E-state index contributed by atoms with van der Waals surface area (Å²) in [4.78, 5) is 25.2. The molecule has 0 saturated heterocycles. The fourth-order valence-corrected chi connectivity index (χ4v) is 2.95. The minimum absolute atomic E-state index is 0.145. The Hall–Kier alpha value is -2.92. The number of amides is 2. The van der Waals surface area contributed by atoms with Crippen molar-refractivity contribution < 1.29 is 9.59 Å². The fourth-order valence-electron chi connectivity index (χ4n) is 2.69. The third-order valence-corrected chi connectivity index (χ3v) is 4.70. The highest BCUT2D eigenvalue weighted by atomic mass is 79.9. The summed E-state index contributed by atoms with van der Waals surface area (Å²) >= 11 is 3.35. The summed E-state index contributed by atoms with van der Waals surface area (Å²) in [6.07, 6.45) is 0. The van der Waals surface area contributed by atoms with E-state index in [0.29, 0.717) is 16.8 Å². The second-order valence-corrected chi connectivity index (χ2v) is 7.03. The van der Waals surface area contributed by atoms with Crippen LogP contribution in [0.5, 0.6) is 0 Å². The second kappa shape index (κ2) is 8.64. The van der Waals surface area contributed by atoms with Crippen LogP contribution in [0.3, 0.4) is 0 Å². The molecule has 136 valence electrons. The average Bonchev–Trinajstić information content (AvgIpc) is 2.69. The van der Waals surface area contributed by atoms with Gasteiger partial charge in [0.1, 0.15) is 0 Å². The highest BCUT2D eigenvalue weighted by Crippen LogP contribution is 2.19. The molecule has 0 heterocycles. The van der Waals surface area contributed by atoms with Crippen LogP contribution in [-0.4, -0.2) is 11.8 Å². The van der Waals surface area contributed by atoms with Gasteiger partial charge < -0.3 is 10.6 Å². The Bertz CT molecular complexity index is 940. The van der Waals surface area contributed by atoms with E-state index < -0.39 is 0 Å². The fraction of sp³-hybridized carbons (Fsp3) is 0.0909. The molecular weight excluding hydrogens is 404 g/mol. The van der Waals surface area contributed by atoms with E-state index >= 15 is 0 Å². The van der Waals surface area contributed by atoms with E-state index in [1.54, 1.807) is 48.5 Å². The molecule has 3 rings (SSSR count). The van der Waals surface area contributed by atoms with Gasteiger partial charge in [-0.05, 0) is 48.9 Å². The van der Waals surface area contributed by atoms with E-state index in [1.165, 1.54) is 0 Å². The van der Waals surface area contributed by atoms with Crippen molar-refractivity contribution in [3.05, 3.63) is 100 Å². The van der Waals surface area contributed by atoms with Crippen molar-refractivity contribution in [3.8, 4) is 0 Å². The van der Waals surface area contributed by atoms with Crippen LogP contribution < -0.4 is 10.6 Å². The first-order valence-corrected chi connectivity index (χ1v) is 9.35. The van der Waals surface area contributed by atoms with E-state index in [4.69, 9.17) is 0 Å². The van der Waals surface area contributed by atoms with Gasteiger partial charge in [-0.1, -0.05) is 58.4 Å². The molecular formula is C22H19BrN2O2. The lowest BCUT2D eigenvalue weighted by molar-refractivity contribution is 0.0941. The van der Waals surface area contributed by atoms with Crippen molar-refractivity contribution in [3.63, 3.8) is 0 Å². The van der Waals surface area contributed by atoms with Gasteiger partial charge in [-0.2, -0.15) is 0 Å². The summed E-state index contributed by atoms with van der Waals surface area (Å²) in [7, 11) is 0. The summed E-state index contributed by atoms with van der Waals surface area (Å²) < 4.78 is 0.897. The number of benzene rings is 3. The SMILES string of the molecule is C[C@H](NC(=O)c1ccccc1NC(=O)c1ccc(Br)cc1)c1ccccc1. The van der Waals surface area contributed by atoms with Crippen LogP contribution in [0.2, 0.25) is 0 Å². The van der Waals surface area contributed by atoms with Crippen molar-refractivity contribution >= 4 is 33.4 Å². The van der Waals surface area contributed by atoms with Gasteiger partial charge in [-0.15, -0.1) is 0 Å². The quantitative estimate of drug-likeness (QED) is 0.593. The molecule has 0 saturated carbocycles. The number of anilines is 1. The van der Waals surface area contributed by atoms with Gasteiger partial charge in [0.2, 0.25) is 0 Å². The monoisotopic (exact) mass is 422 g/mol. The molecule has 0 aliphatic carbocycles. The zero-order valence-electron chi connectivity index (χ0n) is 14.8. The van der Waals surface area contributed by atoms with Gasteiger partial charge in [0.05, 0.1) is 17.3 Å². The molecule has 0 unspecified atom stereocenters. The van der Waals surface area contributed by atoms with Crippen LogP contribution in [0.1, 0.15) is 39.2 Å². The van der Waals surface area contributed by atoms with Crippen LogP contribution in [-0.2, 0) is 0 Å². The average molecular weight is 423 g/mol. The Morgan fingerprint density at radius 2 is 1.44 bits per heavy atom. The number of para-hydroxylation sites is 1. The normalized spacial score (nSPS) is 11.5. The van der Waals surface area contributed by atoms with Gasteiger partial charge in [-0.3, -0.25) is 9.59 Å². The number of rotatable bonds is 5.